The molecule has 0 radical (unpaired) electrons. The van der Waals surface area contributed by atoms with Gasteiger partial charge in [0.05, 0.1) is 29.0 Å². The molecule has 25 heavy (non-hydrogen) atoms. The molecular formula is C17H16N4O2S2. The maximum atomic E-state index is 5.34. The third-order valence-electron chi connectivity index (χ3n) is 3.71. The van der Waals surface area contributed by atoms with E-state index in [2.05, 4.69) is 20.8 Å². The fourth-order valence-corrected chi connectivity index (χ4v) is 4.02. The van der Waals surface area contributed by atoms with E-state index in [1.54, 1.807) is 30.2 Å². The van der Waals surface area contributed by atoms with E-state index in [1.165, 1.54) is 0 Å². The van der Waals surface area contributed by atoms with E-state index in [4.69, 9.17) is 14.2 Å². The van der Waals surface area contributed by atoms with E-state index in [0.29, 0.717) is 24.1 Å². The Morgan fingerprint density at radius 3 is 3.00 bits per heavy atom. The van der Waals surface area contributed by atoms with Crippen LogP contribution in [0.3, 0.4) is 0 Å². The Kier molecular flexibility index (Phi) is 4.82. The van der Waals surface area contributed by atoms with Crippen molar-refractivity contribution in [2.75, 3.05) is 13.7 Å². The Morgan fingerprint density at radius 1 is 1.24 bits per heavy atom. The Bertz CT molecular complexity index is 962. The van der Waals surface area contributed by atoms with E-state index in [-0.39, 0.29) is 0 Å². The third-order valence-corrected chi connectivity index (χ3v) is 5.36. The largest absolute Gasteiger partial charge is 0.383 e. The Labute approximate surface area is 152 Å². The van der Waals surface area contributed by atoms with Gasteiger partial charge in [0.25, 0.3) is 5.89 Å². The van der Waals surface area contributed by atoms with Gasteiger partial charge in [-0.3, -0.25) is 0 Å². The van der Waals surface area contributed by atoms with Crippen molar-refractivity contribution in [3.05, 3.63) is 46.9 Å². The van der Waals surface area contributed by atoms with Crippen LogP contribution < -0.4 is 0 Å². The zero-order valence-corrected chi connectivity index (χ0v) is 15.2. The number of aromatic nitrogens is 4. The topological polar surface area (TPSA) is 66.0 Å². The monoisotopic (exact) mass is 372 g/mol. The quantitative estimate of drug-likeness (QED) is 0.455. The van der Waals surface area contributed by atoms with E-state index >= 15 is 0 Å². The Morgan fingerprint density at radius 2 is 2.16 bits per heavy atom. The van der Waals surface area contributed by atoms with Gasteiger partial charge in [-0.15, -0.1) is 0 Å². The number of ether oxygens (including phenoxy) is 1. The van der Waals surface area contributed by atoms with Crippen LogP contribution in [0.25, 0.3) is 22.5 Å². The minimum Gasteiger partial charge on any atom is -0.383 e. The summed E-state index contributed by atoms with van der Waals surface area (Å²) in [4.78, 5) is 9.18. The van der Waals surface area contributed by atoms with Crippen molar-refractivity contribution < 1.29 is 9.26 Å². The number of benzene rings is 1. The zero-order valence-electron chi connectivity index (χ0n) is 13.6. The van der Waals surface area contributed by atoms with E-state index in [0.717, 1.165) is 28.3 Å². The van der Waals surface area contributed by atoms with Crippen LogP contribution in [0.15, 0.2) is 50.8 Å². The van der Waals surface area contributed by atoms with Crippen molar-refractivity contribution in [1.29, 1.82) is 0 Å². The highest BCUT2D eigenvalue weighted by atomic mass is 32.2. The van der Waals surface area contributed by atoms with Crippen molar-refractivity contribution in [1.82, 2.24) is 19.7 Å². The van der Waals surface area contributed by atoms with Gasteiger partial charge in [-0.25, -0.2) is 4.98 Å². The summed E-state index contributed by atoms with van der Waals surface area (Å²) in [5, 5.41) is 8.99. The first-order valence-corrected chi connectivity index (χ1v) is 9.70. The van der Waals surface area contributed by atoms with E-state index in [1.807, 2.05) is 35.0 Å². The lowest BCUT2D eigenvalue weighted by atomic mass is 10.3. The van der Waals surface area contributed by atoms with Crippen molar-refractivity contribution in [3.8, 4) is 11.5 Å². The van der Waals surface area contributed by atoms with Gasteiger partial charge in [0, 0.05) is 19.0 Å². The van der Waals surface area contributed by atoms with Gasteiger partial charge in [-0.2, -0.15) is 16.3 Å². The molecule has 4 rings (SSSR count). The summed E-state index contributed by atoms with van der Waals surface area (Å²) in [6, 6.07) is 10.1. The lowest BCUT2D eigenvalue weighted by molar-refractivity contribution is 0.186. The van der Waals surface area contributed by atoms with Crippen LogP contribution in [0.4, 0.5) is 0 Å². The summed E-state index contributed by atoms with van der Waals surface area (Å²) >= 11 is 3.21. The second-order valence-corrected chi connectivity index (χ2v) is 7.07. The fourth-order valence-electron chi connectivity index (χ4n) is 2.51. The molecule has 0 aliphatic rings. The molecule has 0 saturated heterocycles. The SMILES string of the molecule is COCCn1c(SCc2noc(-c3ccsc3)n2)nc2ccccc21. The molecule has 0 saturated carbocycles. The number of thiophene rings is 1. The number of imidazole rings is 1. The minimum absolute atomic E-state index is 0.560. The number of nitrogens with zero attached hydrogens (tertiary/aromatic N) is 4. The first-order valence-electron chi connectivity index (χ1n) is 7.77. The summed E-state index contributed by atoms with van der Waals surface area (Å²) < 4.78 is 12.7. The molecule has 1 aromatic carbocycles. The molecule has 0 spiro atoms. The molecule has 0 atom stereocenters. The van der Waals surface area contributed by atoms with Crippen LogP contribution in [0.2, 0.25) is 0 Å². The van der Waals surface area contributed by atoms with E-state index < -0.39 is 0 Å². The molecule has 0 amide bonds. The van der Waals surface area contributed by atoms with Crippen LogP contribution in [0.1, 0.15) is 5.82 Å². The van der Waals surface area contributed by atoms with Gasteiger partial charge < -0.3 is 13.8 Å². The first-order chi connectivity index (χ1) is 12.3. The molecule has 0 aliphatic carbocycles. The predicted octanol–water partition coefficient (Wildman–Crippen LogP) is 4.09. The van der Waals surface area contributed by atoms with Crippen molar-refractivity contribution >= 4 is 34.1 Å². The number of fused-ring (bicyclic) bond motifs is 1. The molecule has 0 fully saturated rings. The molecule has 3 heterocycles. The van der Waals surface area contributed by atoms with E-state index in [9.17, 15) is 0 Å². The molecular weight excluding hydrogens is 356 g/mol. The lowest BCUT2D eigenvalue weighted by Gasteiger charge is -2.07. The minimum atomic E-state index is 0.560. The molecule has 3 aromatic heterocycles. The average molecular weight is 372 g/mol. The zero-order chi connectivity index (χ0) is 17.1. The fraction of sp³-hybridized carbons (Fsp3) is 0.235. The van der Waals surface area contributed by atoms with Gasteiger partial charge in [-0.05, 0) is 23.6 Å². The lowest BCUT2D eigenvalue weighted by Crippen LogP contribution is -2.05. The third kappa shape index (κ3) is 3.46. The summed E-state index contributed by atoms with van der Waals surface area (Å²) in [6.45, 7) is 1.39. The standard InChI is InChI=1S/C17H16N4O2S2/c1-22-8-7-21-14-5-3-2-4-13(14)18-17(21)25-11-15-19-16(23-20-15)12-6-9-24-10-12/h2-6,9-10H,7-8,11H2,1H3. The second-order valence-electron chi connectivity index (χ2n) is 5.34. The number of hydrogen-bond acceptors (Lipinski definition) is 7. The summed E-state index contributed by atoms with van der Waals surface area (Å²) in [7, 11) is 1.71. The highest BCUT2D eigenvalue weighted by molar-refractivity contribution is 7.98. The molecule has 128 valence electrons. The summed E-state index contributed by atoms with van der Waals surface area (Å²) in [5.41, 5.74) is 3.04. The van der Waals surface area contributed by atoms with Crippen LogP contribution in [0, 0.1) is 0 Å². The van der Waals surface area contributed by atoms with Crippen LogP contribution in [-0.2, 0) is 17.0 Å². The van der Waals surface area contributed by atoms with Gasteiger partial charge >= 0.3 is 0 Å². The van der Waals surface area contributed by atoms with Crippen LogP contribution >= 0.6 is 23.1 Å². The molecule has 8 heteroatoms. The second kappa shape index (κ2) is 7.38. The Balaban J connectivity index is 1.54. The summed E-state index contributed by atoms with van der Waals surface area (Å²) in [6.07, 6.45) is 0. The molecule has 0 unspecified atom stereocenters. The van der Waals surface area contributed by atoms with Gasteiger partial charge in [0.15, 0.2) is 11.0 Å². The number of thioether (sulfide) groups is 1. The van der Waals surface area contributed by atoms with Gasteiger partial charge in [-0.1, -0.05) is 29.1 Å². The highest BCUT2D eigenvalue weighted by Crippen LogP contribution is 2.27. The van der Waals surface area contributed by atoms with Crippen LogP contribution in [0.5, 0.6) is 0 Å². The number of methoxy groups -OCH3 is 1. The van der Waals surface area contributed by atoms with Crippen molar-refractivity contribution in [2.24, 2.45) is 0 Å². The molecule has 0 bridgehead atoms. The average Bonchev–Trinajstić information content (AvgIpc) is 3.36. The normalized spacial score (nSPS) is 11.4. The van der Waals surface area contributed by atoms with Crippen LogP contribution in [-0.4, -0.2) is 33.4 Å². The summed E-state index contributed by atoms with van der Waals surface area (Å²) in [5.74, 6) is 1.82. The Hall–Kier alpha value is -2.16. The maximum absolute atomic E-state index is 5.34. The molecule has 0 N–H and O–H groups in total. The van der Waals surface area contributed by atoms with Gasteiger partial charge in [0.2, 0.25) is 0 Å². The molecule has 4 aromatic rings. The maximum Gasteiger partial charge on any atom is 0.258 e. The number of para-hydroxylation sites is 2. The van der Waals surface area contributed by atoms with Crippen molar-refractivity contribution in [3.63, 3.8) is 0 Å². The predicted molar refractivity (Wildman–Crippen MR) is 98.8 cm³/mol. The number of rotatable bonds is 7. The first kappa shape index (κ1) is 16.3. The number of hydrogen-bond donors (Lipinski definition) is 0. The van der Waals surface area contributed by atoms with Crippen molar-refractivity contribution in [2.45, 2.75) is 17.5 Å². The molecule has 6 nitrogen and oxygen atoms in total. The smallest absolute Gasteiger partial charge is 0.258 e. The van der Waals surface area contributed by atoms with Gasteiger partial charge in [0.1, 0.15) is 0 Å². The highest BCUT2D eigenvalue weighted by Gasteiger charge is 2.14. The molecule has 0 aliphatic heterocycles.